The SMILES string of the molecule is Cc1ncc(CNCC(C)C)c(-n2cncn2)n1. The summed E-state index contributed by atoms with van der Waals surface area (Å²) in [6, 6.07) is 0. The Bertz CT molecular complexity index is 491. The smallest absolute Gasteiger partial charge is 0.163 e. The maximum absolute atomic E-state index is 4.42. The summed E-state index contributed by atoms with van der Waals surface area (Å²) in [4.78, 5) is 12.6. The molecule has 0 aliphatic heterocycles. The van der Waals surface area contributed by atoms with E-state index in [1.54, 1.807) is 11.0 Å². The third kappa shape index (κ3) is 3.10. The Morgan fingerprint density at radius 2 is 2.22 bits per heavy atom. The molecule has 0 fully saturated rings. The molecule has 2 rings (SSSR count). The molecule has 18 heavy (non-hydrogen) atoms. The predicted octanol–water partition coefficient (Wildman–Crippen LogP) is 1.11. The molecule has 0 atom stereocenters. The maximum atomic E-state index is 4.42. The summed E-state index contributed by atoms with van der Waals surface area (Å²) in [6.45, 7) is 7.91. The average molecular weight is 246 g/mol. The third-order valence-electron chi connectivity index (χ3n) is 2.47. The number of nitrogens with one attached hydrogen (secondary N) is 1. The minimum Gasteiger partial charge on any atom is -0.312 e. The Kier molecular flexibility index (Phi) is 3.99. The molecule has 2 heterocycles. The first kappa shape index (κ1) is 12.6. The molecule has 0 bridgehead atoms. The monoisotopic (exact) mass is 246 g/mol. The normalized spacial score (nSPS) is 11.1. The van der Waals surface area contributed by atoms with E-state index in [4.69, 9.17) is 0 Å². The zero-order chi connectivity index (χ0) is 13.0. The highest BCUT2D eigenvalue weighted by molar-refractivity contribution is 5.30. The Morgan fingerprint density at radius 1 is 1.39 bits per heavy atom. The summed E-state index contributed by atoms with van der Waals surface area (Å²) < 4.78 is 1.67. The molecule has 0 aliphatic rings. The molecule has 6 nitrogen and oxygen atoms in total. The first-order valence-corrected chi connectivity index (χ1v) is 6.05. The van der Waals surface area contributed by atoms with Crippen LogP contribution in [0.4, 0.5) is 0 Å². The van der Waals surface area contributed by atoms with Crippen molar-refractivity contribution in [1.29, 1.82) is 0 Å². The lowest BCUT2D eigenvalue weighted by Gasteiger charge is -2.11. The number of aryl methyl sites for hydroxylation is 1. The number of rotatable bonds is 5. The molecular formula is C12H18N6. The van der Waals surface area contributed by atoms with E-state index in [1.165, 1.54) is 6.33 Å². The van der Waals surface area contributed by atoms with Gasteiger partial charge in [-0.05, 0) is 19.4 Å². The molecule has 1 N–H and O–H groups in total. The van der Waals surface area contributed by atoms with Gasteiger partial charge in [0.05, 0.1) is 0 Å². The van der Waals surface area contributed by atoms with E-state index < -0.39 is 0 Å². The van der Waals surface area contributed by atoms with Crippen LogP contribution in [0.2, 0.25) is 0 Å². The zero-order valence-corrected chi connectivity index (χ0v) is 11.0. The maximum Gasteiger partial charge on any atom is 0.163 e. The van der Waals surface area contributed by atoms with Crippen LogP contribution in [0, 0.1) is 12.8 Å². The Morgan fingerprint density at radius 3 is 2.89 bits per heavy atom. The average Bonchev–Trinajstić information content (AvgIpc) is 2.84. The second kappa shape index (κ2) is 5.68. The molecule has 0 saturated heterocycles. The lowest BCUT2D eigenvalue weighted by Crippen LogP contribution is -2.21. The van der Waals surface area contributed by atoms with E-state index in [0.29, 0.717) is 5.92 Å². The molecular weight excluding hydrogens is 228 g/mol. The lowest BCUT2D eigenvalue weighted by molar-refractivity contribution is 0.549. The van der Waals surface area contributed by atoms with Crippen LogP contribution in [0.5, 0.6) is 0 Å². The van der Waals surface area contributed by atoms with Gasteiger partial charge in [0, 0.05) is 18.3 Å². The fourth-order valence-electron chi connectivity index (χ4n) is 1.62. The summed E-state index contributed by atoms with van der Waals surface area (Å²) in [5.74, 6) is 2.13. The third-order valence-corrected chi connectivity index (χ3v) is 2.47. The van der Waals surface area contributed by atoms with Crippen LogP contribution in [0.15, 0.2) is 18.9 Å². The lowest BCUT2D eigenvalue weighted by atomic mass is 10.2. The van der Waals surface area contributed by atoms with Gasteiger partial charge in [-0.2, -0.15) is 5.10 Å². The Balaban J connectivity index is 2.19. The highest BCUT2D eigenvalue weighted by Gasteiger charge is 2.08. The number of nitrogens with zero attached hydrogens (tertiary/aromatic N) is 5. The molecule has 0 saturated carbocycles. The van der Waals surface area contributed by atoms with Crippen molar-refractivity contribution in [2.45, 2.75) is 27.3 Å². The van der Waals surface area contributed by atoms with Crippen molar-refractivity contribution in [2.75, 3.05) is 6.54 Å². The predicted molar refractivity (Wildman–Crippen MR) is 68.2 cm³/mol. The quantitative estimate of drug-likeness (QED) is 0.856. The summed E-state index contributed by atoms with van der Waals surface area (Å²) in [6.07, 6.45) is 4.99. The highest BCUT2D eigenvalue weighted by atomic mass is 15.3. The van der Waals surface area contributed by atoms with Crippen molar-refractivity contribution < 1.29 is 0 Å². The van der Waals surface area contributed by atoms with Gasteiger partial charge in [-0.25, -0.2) is 19.6 Å². The minimum absolute atomic E-state index is 0.617. The molecule has 0 spiro atoms. The van der Waals surface area contributed by atoms with Gasteiger partial charge in [0.15, 0.2) is 5.82 Å². The van der Waals surface area contributed by atoms with E-state index in [2.05, 4.69) is 39.2 Å². The van der Waals surface area contributed by atoms with Crippen molar-refractivity contribution in [3.05, 3.63) is 30.2 Å². The molecule has 96 valence electrons. The van der Waals surface area contributed by atoms with E-state index >= 15 is 0 Å². The standard InChI is InChI=1S/C12H18N6/c1-9(2)4-13-5-11-6-15-10(3)17-12(11)18-8-14-7-16-18/h6-9,13H,4-5H2,1-3H3. The molecule has 0 amide bonds. The number of aromatic nitrogens is 5. The molecule has 0 radical (unpaired) electrons. The van der Waals surface area contributed by atoms with Crippen molar-refractivity contribution in [2.24, 2.45) is 5.92 Å². The van der Waals surface area contributed by atoms with E-state index in [1.807, 2.05) is 13.1 Å². The van der Waals surface area contributed by atoms with E-state index in [-0.39, 0.29) is 0 Å². The zero-order valence-electron chi connectivity index (χ0n) is 11.0. The second-order valence-corrected chi connectivity index (χ2v) is 4.63. The Labute approximate surface area is 106 Å². The minimum atomic E-state index is 0.617. The van der Waals surface area contributed by atoms with Gasteiger partial charge < -0.3 is 5.32 Å². The fraction of sp³-hybridized carbons (Fsp3) is 0.500. The molecule has 0 aliphatic carbocycles. The molecule has 6 heteroatoms. The van der Waals surface area contributed by atoms with Crippen LogP contribution in [-0.2, 0) is 6.54 Å². The van der Waals surface area contributed by atoms with Crippen molar-refractivity contribution in [3.63, 3.8) is 0 Å². The highest BCUT2D eigenvalue weighted by Crippen LogP contribution is 2.09. The molecule has 0 unspecified atom stereocenters. The van der Waals surface area contributed by atoms with Crippen LogP contribution >= 0.6 is 0 Å². The molecule has 2 aromatic heterocycles. The van der Waals surface area contributed by atoms with Gasteiger partial charge in [-0.3, -0.25) is 0 Å². The van der Waals surface area contributed by atoms with Crippen LogP contribution in [-0.4, -0.2) is 31.3 Å². The van der Waals surface area contributed by atoms with Gasteiger partial charge in [0.2, 0.25) is 0 Å². The summed E-state index contributed by atoms with van der Waals surface area (Å²) in [7, 11) is 0. The fourth-order valence-corrected chi connectivity index (χ4v) is 1.62. The summed E-state index contributed by atoms with van der Waals surface area (Å²) >= 11 is 0. The van der Waals surface area contributed by atoms with Crippen LogP contribution < -0.4 is 5.32 Å². The van der Waals surface area contributed by atoms with Gasteiger partial charge in [0.1, 0.15) is 18.5 Å². The number of hydrogen-bond donors (Lipinski definition) is 1. The summed E-state index contributed by atoms with van der Waals surface area (Å²) in [5.41, 5.74) is 1.02. The van der Waals surface area contributed by atoms with Crippen LogP contribution in [0.3, 0.4) is 0 Å². The van der Waals surface area contributed by atoms with Crippen molar-refractivity contribution in [3.8, 4) is 5.82 Å². The molecule has 0 aromatic carbocycles. The van der Waals surface area contributed by atoms with Gasteiger partial charge in [0.25, 0.3) is 0 Å². The topological polar surface area (TPSA) is 68.5 Å². The van der Waals surface area contributed by atoms with Gasteiger partial charge in [-0.15, -0.1) is 0 Å². The van der Waals surface area contributed by atoms with Gasteiger partial charge in [-0.1, -0.05) is 13.8 Å². The van der Waals surface area contributed by atoms with E-state index in [0.717, 1.165) is 30.3 Å². The first-order chi connectivity index (χ1) is 8.66. The van der Waals surface area contributed by atoms with Gasteiger partial charge >= 0.3 is 0 Å². The Hall–Kier alpha value is -1.82. The second-order valence-electron chi connectivity index (χ2n) is 4.63. The van der Waals surface area contributed by atoms with E-state index in [9.17, 15) is 0 Å². The van der Waals surface area contributed by atoms with Crippen LogP contribution in [0.1, 0.15) is 25.2 Å². The summed E-state index contributed by atoms with van der Waals surface area (Å²) in [5, 5.41) is 7.50. The van der Waals surface area contributed by atoms with Crippen molar-refractivity contribution in [1.82, 2.24) is 30.0 Å². The first-order valence-electron chi connectivity index (χ1n) is 6.05. The number of hydrogen-bond acceptors (Lipinski definition) is 5. The largest absolute Gasteiger partial charge is 0.312 e. The molecule has 2 aromatic rings. The van der Waals surface area contributed by atoms with Crippen LogP contribution in [0.25, 0.3) is 5.82 Å². The van der Waals surface area contributed by atoms with Crippen molar-refractivity contribution >= 4 is 0 Å².